The Balaban J connectivity index is 1.77. The van der Waals surface area contributed by atoms with Crippen molar-refractivity contribution in [2.24, 2.45) is 0 Å². The average Bonchev–Trinajstić information content (AvgIpc) is 3.18. The molecule has 1 unspecified atom stereocenters. The predicted octanol–water partition coefficient (Wildman–Crippen LogP) is 3.26. The van der Waals surface area contributed by atoms with Crippen molar-refractivity contribution in [2.45, 2.75) is 12.6 Å². The highest BCUT2D eigenvalue weighted by Gasteiger charge is 2.47. The Labute approximate surface area is 135 Å². The van der Waals surface area contributed by atoms with Crippen molar-refractivity contribution in [1.29, 1.82) is 0 Å². The molecule has 2 amide bonds. The third kappa shape index (κ3) is 2.24. The molecule has 2 fully saturated rings. The zero-order valence-corrected chi connectivity index (χ0v) is 13.1. The van der Waals surface area contributed by atoms with E-state index < -0.39 is 0 Å². The number of nitrogens with zero attached hydrogens (tertiary/aromatic N) is 3. The maximum Gasteiger partial charge on any atom is 0.340 e. The van der Waals surface area contributed by atoms with Gasteiger partial charge in [-0.2, -0.15) is 5.01 Å². The molecule has 2 aromatic carbocycles. The van der Waals surface area contributed by atoms with E-state index in [2.05, 4.69) is 5.01 Å². The monoisotopic (exact) mass is 309 g/mol. The zero-order valence-electron chi connectivity index (χ0n) is 13.1. The molecule has 1 atom stereocenters. The number of hydrogen-bond acceptors (Lipinski definition) is 3. The van der Waals surface area contributed by atoms with E-state index in [0.29, 0.717) is 0 Å². The number of benzene rings is 2. The Morgan fingerprint density at radius 1 is 1.00 bits per heavy atom. The molecule has 23 heavy (non-hydrogen) atoms. The number of hydrazine groups is 1. The summed E-state index contributed by atoms with van der Waals surface area (Å²) in [6, 6.07) is 17.9. The number of anilines is 1. The Bertz CT molecular complexity index is 702. The van der Waals surface area contributed by atoms with Crippen LogP contribution in [0.4, 0.5) is 10.5 Å². The van der Waals surface area contributed by atoms with Crippen molar-refractivity contribution >= 4 is 11.7 Å². The first-order chi connectivity index (χ1) is 11.3. The Morgan fingerprint density at radius 2 is 1.74 bits per heavy atom. The van der Waals surface area contributed by atoms with E-state index in [1.165, 1.54) is 0 Å². The maximum atomic E-state index is 12.9. The van der Waals surface area contributed by atoms with E-state index >= 15 is 0 Å². The topological polar surface area (TPSA) is 36.0 Å². The van der Waals surface area contributed by atoms with Crippen LogP contribution in [0.25, 0.3) is 0 Å². The van der Waals surface area contributed by atoms with Gasteiger partial charge in [0.25, 0.3) is 0 Å². The summed E-state index contributed by atoms with van der Waals surface area (Å²) in [5.41, 5.74) is 2.01. The molecule has 2 heterocycles. The highest BCUT2D eigenvalue weighted by Crippen LogP contribution is 2.40. The first-order valence-corrected chi connectivity index (χ1v) is 7.86. The second-order valence-electron chi connectivity index (χ2n) is 5.77. The summed E-state index contributed by atoms with van der Waals surface area (Å²) in [6.07, 6.45) is 0.916. The van der Waals surface area contributed by atoms with E-state index in [4.69, 9.17) is 4.74 Å². The first kappa shape index (κ1) is 14.1. The number of amides is 2. The molecule has 0 aliphatic carbocycles. The van der Waals surface area contributed by atoms with Crippen molar-refractivity contribution in [1.82, 2.24) is 10.0 Å². The normalized spacial score (nSPS) is 20.9. The smallest absolute Gasteiger partial charge is 0.340 e. The minimum absolute atomic E-state index is 0.0505. The van der Waals surface area contributed by atoms with Crippen LogP contribution in [0, 0.1) is 0 Å². The molecule has 0 spiro atoms. The predicted molar refractivity (Wildman–Crippen MR) is 88.1 cm³/mol. The summed E-state index contributed by atoms with van der Waals surface area (Å²) in [7, 11) is 1.66. The van der Waals surface area contributed by atoms with Crippen molar-refractivity contribution in [2.75, 3.05) is 25.1 Å². The van der Waals surface area contributed by atoms with Gasteiger partial charge in [0.15, 0.2) is 0 Å². The molecule has 5 nitrogen and oxygen atoms in total. The number of carbonyl (C=O) groups excluding carboxylic acids is 1. The number of para-hydroxylation sites is 1. The average molecular weight is 309 g/mol. The minimum atomic E-state index is -0.0988. The van der Waals surface area contributed by atoms with Crippen LogP contribution in [0.2, 0.25) is 0 Å². The molecule has 4 rings (SSSR count). The highest BCUT2D eigenvalue weighted by molar-refractivity contribution is 5.94. The Morgan fingerprint density at radius 3 is 2.43 bits per heavy atom. The third-order valence-electron chi connectivity index (χ3n) is 4.47. The standard InChI is InChI=1S/C18H19N3O2/c1-23-16-10-8-14(9-11-16)17-19-12-5-13-20(19)18(22)21(17)15-6-3-2-4-7-15/h2-4,6-11,17H,5,12-13H2,1H3. The van der Waals surface area contributed by atoms with E-state index in [1.54, 1.807) is 7.11 Å². The van der Waals surface area contributed by atoms with Crippen molar-refractivity contribution in [3.63, 3.8) is 0 Å². The molecule has 0 radical (unpaired) electrons. The van der Waals surface area contributed by atoms with E-state index in [1.807, 2.05) is 64.5 Å². The molecule has 2 aliphatic heterocycles. The van der Waals surface area contributed by atoms with Crippen LogP contribution in [-0.4, -0.2) is 36.2 Å². The van der Waals surface area contributed by atoms with Crippen LogP contribution in [-0.2, 0) is 0 Å². The van der Waals surface area contributed by atoms with Crippen LogP contribution in [0.15, 0.2) is 54.6 Å². The van der Waals surface area contributed by atoms with Gasteiger partial charge in [0.1, 0.15) is 11.9 Å². The van der Waals surface area contributed by atoms with Crippen molar-refractivity contribution < 1.29 is 9.53 Å². The van der Waals surface area contributed by atoms with Gasteiger partial charge in [-0.3, -0.25) is 9.91 Å². The molecule has 0 N–H and O–H groups in total. The van der Waals surface area contributed by atoms with Gasteiger partial charge in [0.05, 0.1) is 7.11 Å². The van der Waals surface area contributed by atoms with E-state index in [9.17, 15) is 4.79 Å². The Hall–Kier alpha value is -2.53. The lowest BCUT2D eigenvalue weighted by molar-refractivity contribution is 0.0727. The van der Waals surface area contributed by atoms with Crippen LogP contribution in [0.3, 0.4) is 0 Å². The summed E-state index contributed by atoms with van der Waals surface area (Å²) in [5.74, 6) is 0.822. The fourth-order valence-corrected chi connectivity index (χ4v) is 3.39. The van der Waals surface area contributed by atoms with Crippen molar-refractivity contribution in [3.05, 3.63) is 60.2 Å². The van der Waals surface area contributed by atoms with Crippen LogP contribution < -0.4 is 9.64 Å². The number of hydrogen-bond donors (Lipinski definition) is 0. The molecule has 2 aliphatic rings. The summed E-state index contributed by atoms with van der Waals surface area (Å²) in [5, 5.41) is 4.03. The maximum absolute atomic E-state index is 12.9. The number of ether oxygens (including phenoxy) is 1. The van der Waals surface area contributed by atoms with Crippen LogP contribution in [0.5, 0.6) is 5.75 Å². The van der Waals surface area contributed by atoms with Gasteiger partial charge in [-0.1, -0.05) is 30.3 Å². The molecule has 0 saturated carbocycles. The van der Waals surface area contributed by atoms with Crippen LogP contribution in [0.1, 0.15) is 18.2 Å². The number of rotatable bonds is 3. The SMILES string of the molecule is COc1ccc(C2N(c3ccccc3)C(=O)N3CCCN23)cc1. The van der Waals surface area contributed by atoms with Crippen molar-refractivity contribution in [3.8, 4) is 5.75 Å². The lowest BCUT2D eigenvalue weighted by atomic mass is 10.1. The first-order valence-electron chi connectivity index (χ1n) is 7.86. The zero-order chi connectivity index (χ0) is 15.8. The largest absolute Gasteiger partial charge is 0.497 e. The Kier molecular flexibility index (Phi) is 3.42. The van der Waals surface area contributed by atoms with Gasteiger partial charge in [0.2, 0.25) is 0 Å². The fourth-order valence-electron chi connectivity index (χ4n) is 3.39. The molecule has 0 bridgehead atoms. The van der Waals surface area contributed by atoms with E-state index in [0.717, 1.165) is 36.5 Å². The number of carbonyl (C=O) groups is 1. The quantitative estimate of drug-likeness (QED) is 0.873. The second-order valence-corrected chi connectivity index (χ2v) is 5.77. The third-order valence-corrected chi connectivity index (χ3v) is 4.47. The second kappa shape index (κ2) is 5.59. The summed E-state index contributed by atoms with van der Waals surface area (Å²) in [6.45, 7) is 1.68. The highest BCUT2D eigenvalue weighted by atomic mass is 16.5. The van der Waals surface area contributed by atoms with E-state index in [-0.39, 0.29) is 12.2 Å². The minimum Gasteiger partial charge on any atom is -0.497 e. The molecule has 5 heteroatoms. The van der Waals surface area contributed by atoms with Gasteiger partial charge < -0.3 is 4.74 Å². The summed E-state index contributed by atoms with van der Waals surface area (Å²) >= 11 is 0. The lowest BCUT2D eigenvalue weighted by Gasteiger charge is -2.28. The molecule has 2 aromatic rings. The molecular weight excluding hydrogens is 290 g/mol. The van der Waals surface area contributed by atoms with Crippen LogP contribution >= 0.6 is 0 Å². The molecule has 2 saturated heterocycles. The van der Waals surface area contributed by atoms with Gasteiger partial charge in [-0.15, -0.1) is 0 Å². The van der Waals surface area contributed by atoms with Gasteiger partial charge in [0, 0.05) is 18.8 Å². The number of methoxy groups -OCH3 is 1. The number of fused-ring (bicyclic) bond motifs is 1. The van der Waals surface area contributed by atoms with Gasteiger partial charge >= 0.3 is 6.03 Å². The summed E-state index contributed by atoms with van der Waals surface area (Å²) < 4.78 is 5.25. The summed E-state index contributed by atoms with van der Waals surface area (Å²) in [4.78, 5) is 14.8. The van der Waals surface area contributed by atoms with Gasteiger partial charge in [-0.05, 0) is 36.2 Å². The number of urea groups is 1. The molecule has 118 valence electrons. The fraction of sp³-hybridized carbons (Fsp3) is 0.278. The lowest BCUT2D eigenvalue weighted by Crippen LogP contribution is -2.32. The van der Waals surface area contributed by atoms with Gasteiger partial charge in [-0.25, -0.2) is 4.79 Å². The molecule has 0 aromatic heterocycles. The molecular formula is C18H19N3O2.